The number of carbonyl (C=O) groups excluding carboxylic acids is 2. The maximum atomic E-state index is 12.2. The summed E-state index contributed by atoms with van der Waals surface area (Å²) < 4.78 is 5.91. The second-order valence-corrected chi connectivity index (χ2v) is 5.80. The van der Waals surface area contributed by atoms with E-state index in [0.29, 0.717) is 0 Å². The van der Waals surface area contributed by atoms with Crippen LogP contribution in [0, 0.1) is 0 Å². The largest absolute Gasteiger partial charge is 0.454 e. The van der Waals surface area contributed by atoms with Crippen LogP contribution < -0.4 is 21.9 Å². The number of esters is 1. The Morgan fingerprint density at radius 2 is 1.74 bits per heavy atom. The molecule has 9 heteroatoms. The summed E-state index contributed by atoms with van der Waals surface area (Å²) in [7, 11) is 1.31. The van der Waals surface area contributed by atoms with Crippen LogP contribution in [0.15, 0.2) is 33.9 Å². The first kappa shape index (κ1) is 20.0. The van der Waals surface area contributed by atoms with Gasteiger partial charge < -0.3 is 15.4 Å². The van der Waals surface area contributed by atoms with Gasteiger partial charge in [-0.25, -0.2) is 9.59 Å². The number of hydrogen-bond acceptors (Lipinski definition) is 7. The molecule has 0 fully saturated rings. The van der Waals surface area contributed by atoms with E-state index in [2.05, 4.69) is 4.90 Å². The smallest absolute Gasteiger partial charge is 0.338 e. The zero-order valence-corrected chi connectivity index (χ0v) is 15.4. The molecule has 0 aliphatic heterocycles. The number of nitrogen functional groups attached to an aromatic ring is 1. The van der Waals surface area contributed by atoms with Crippen molar-refractivity contribution >= 4 is 23.3 Å². The molecule has 27 heavy (non-hydrogen) atoms. The van der Waals surface area contributed by atoms with E-state index in [9.17, 15) is 19.2 Å². The molecule has 0 saturated carbocycles. The molecule has 2 rings (SSSR count). The highest BCUT2D eigenvalue weighted by atomic mass is 16.5. The molecule has 0 bridgehead atoms. The normalized spacial score (nSPS) is 10.5. The van der Waals surface area contributed by atoms with Crippen molar-refractivity contribution < 1.29 is 14.3 Å². The Hall–Kier alpha value is -3.36. The third-order valence-electron chi connectivity index (χ3n) is 4.21. The molecular weight excluding hydrogens is 352 g/mol. The summed E-state index contributed by atoms with van der Waals surface area (Å²) in [6.45, 7) is 5.07. The molecule has 0 amide bonds. The number of Topliss-reactive ketones (excluding diaryl/α,β-unsaturated/α-hetero) is 1. The third-order valence-corrected chi connectivity index (χ3v) is 4.21. The standard InChI is InChI=1S/C18H22N4O5/c1-4-22(5-2)12-8-6-11(7-9-12)17(25)27-10-13(23)14-15(19)21(3)18(26)20-16(14)24/h6-9H,4-5,10,19H2,1-3H3,(H,20,24,26). The molecule has 3 N–H and O–H groups in total. The van der Waals surface area contributed by atoms with Crippen LogP contribution in [-0.2, 0) is 11.8 Å². The number of aromatic amines is 1. The first-order valence-corrected chi connectivity index (χ1v) is 8.44. The second-order valence-electron chi connectivity index (χ2n) is 5.80. The fourth-order valence-electron chi connectivity index (χ4n) is 2.59. The van der Waals surface area contributed by atoms with Crippen LogP contribution in [0.25, 0.3) is 0 Å². The van der Waals surface area contributed by atoms with Crippen LogP contribution in [0.5, 0.6) is 0 Å². The molecule has 1 heterocycles. The van der Waals surface area contributed by atoms with Gasteiger partial charge in [0.15, 0.2) is 6.61 Å². The molecule has 0 atom stereocenters. The minimum absolute atomic E-state index is 0.279. The van der Waals surface area contributed by atoms with Crippen molar-refractivity contribution in [3.63, 3.8) is 0 Å². The van der Waals surface area contributed by atoms with E-state index in [1.54, 1.807) is 24.3 Å². The minimum atomic E-state index is -0.916. The van der Waals surface area contributed by atoms with Crippen LogP contribution in [0.1, 0.15) is 34.6 Å². The summed E-state index contributed by atoms with van der Waals surface area (Å²) >= 11 is 0. The van der Waals surface area contributed by atoms with E-state index in [4.69, 9.17) is 10.5 Å². The van der Waals surface area contributed by atoms with Crippen molar-refractivity contribution in [2.75, 3.05) is 30.3 Å². The van der Waals surface area contributed by atoms with Crippen LogP contribution in [0.2, 0.25) is 0 Å². The Balaban J connectivity index is 2.10. The summed E-state index contributed by atoms with van der Waals surface area (Å²) in [4.78, 5) is 51.7. The summed E-state index contributed by atoms with van der Waals surface area (Å²) in [5.74, 6) is -1.78. The number of benzene rings is 1. The lowest BCUT2D eigenvalue weighted by Crippen LogP contribution is -2.35. The summed E-state index contributed by atoms with van der Waals surface area (Å²) in [6, 6.07) is 6.80. The van der Waals surface area contributed by atoms with Gasteiger partial charge in [0.25, 0.3) is 5.56 Å². The van der Waals surface area contributed by atoms with E-state index < -0.39 is 35.2 Å². The fourth-order valence-corrected chi connectivity index (χ4v) is 2.59. The molecule has 0 spiro atoms. The summed E-state index contributed by atoms with van der Waals surface area (Å²) in [5, 5.41) is 0. The number of carbonyl (C=O) groups is 2. The topological polar surface area (TPSA) is 127 Å². The van der Waals surface area contributed by atoms with Crippen molar-refractivity contribution in [3.8, 4) is 0 Å². The van der Waals surface area contributed by atoms with Gasteiger partial charge in [0.2, 0.25) is 5.78 Å². The second kappa shape index (κ2) is 8.35. The molecule has 9 nitrogen and oxygen atoms in total. The van der Waals surface area contributed by atoms with Gasteiger partial charge in [-0.3, -0.25) is 19.1 Å². The first-order valence-electron chi connectivity index (χ1n) is 8.44. The van der Waals surface area contributed by atoms with Crippen molar-refractivity contribution in [2.24, 2.45) is 7.05 Å². The lowest BCUT2D eigenvalue weighted by atomic mass is 10.2. The summed E-state index contributed by atoms with van der Waals surface area (Å²) in [5.41, 5.74) is 4.83. The highest BCUT2D eigenvalue weighted by Crippen LogP contribution is 2.15. The monoisotopic (exact) mass is 374 g/mol. The van der Waals surface area contributed by atoms with Gasteiger partial charge in [0.05, 0.1) is 5.56 Å². The van der Waals surface area contributed by atoms with Crippen LogP contribution in [0.4, 0.5) is 11.5 Å². The Morgan fingerprint density at radius 3 is 2.30 bits per heavy atom. The van der Waals surface area contributed by atoms with Crippen LogP contribution >= 0.6 is 0 Å². The number of aromatic nitrogens is 2. The number of rotatable bonds is 7. The number of hydrogen-bond donors (Lipinski definition) is 2. The maximum Gasteiger partial charge on any atom is 0.338 e. The van der Waals surface area contributed by atoms with Gasteiger partial charge in [-0.05, 0) is 38.1 Å². The molecule has 0 unspecified atom stereocenters. The zero-order valence-electron chi connectivity index (χ0n) is 15.4. The van der Waals surface area contributed by atoms with Gasteiger partial charge >= 0.3 is 11.7 Å². The van der Waals surface area contributed by atoms with Crippen LogP contribution in [-0.4, -0.2) is 41.0 Å². The number of nitrogens with one attached hydrogen (secondary N) is 1. The van der Waals surface area contributed by atoms with Gasteiger partial charge in [-0.2, -0.15) is 0 Å². The van der Waals surface area contributed by atoms with Gasteiger partial charge in [0.1, 0.15) is 11.4 Å². The van der Waals surface area contributed by atoms with Gasteiger partial charge in [0, 0.05) is 25.8 Å². The SMILES string of the molecule is CCN(CC)c1ccc(C(=O)OCC(=O)c2c(N)n(C)c(=O)[nH]c2=O)cc1. The number of nitrogens with zero attached hydrogens (tertiary/aromatic N) is 2. The highest BCUT2D eigenvalue weighted by Gasteiger charge is 2.20. The number of anilines is 2. The molecule has 1 aromatic carbocycles. The zero-order chi connectivity index (χ0) is 20.1. The lowest BCUT2D eigenvalue weighted by molar-refractivity contribution is 0.0474. The Kier molecular flexibility index (Phi) is 6.17. The highest BCUT2D eigenvalue weighted by molar-refractivity contribution is 6.02. The van der Waals surface area contributed by atoms with Gasteiger partial charge in [-0.15, -0.1) is 0 Å². The number of nitrogens with two attached hydrogens (primary N) is 1. The van der Waals surface area contributed by atoms with Crippen molar-refractivity contribution in [3.05, 3.63) is 56.2 Å². The third kappa shape index (κ3) is 4.25. The number of ether oxygens (including phenoxy) is 1. The average molecular weight is 374 g/mol. The van der Waals surface area contributed by atoms with Crippen LogP contribution in [0.3, 0.4) is 0 Å². The van der Waals surface area contributed by atoms with Crippen molar-refractivity contribution in [1.82, 2.24) is 9.55 Å². The van der Waals surface area contributed by atoms with Crippen molar-refractivity contribution in [1.29, 1.82) is 0 Å². The van der Waals surface area contributed by atoms with E-state index >= 15 is 0 Å². The first-order chi connectivity index (χ1) is 12.8. The Morgan fingerprint density at radius 1 is 1.15 bits per heavy atom. The Bertz CT molecular complexity index is 955. The fraction of sp³-hybridized carbons (Fsp3) is 0.333. The van der Waals surface area contributed by atoms with Gasteiger partial charge in [-0.1, -0.05) is 0 Å². The molecule has 144 valence electrons. The average Bonchev–Trinajstić information content (AvgIpc) is 2.66. The molecule has 0 saturated heterocycles. The van der Waals surface area contributed by atoms with E-state index in [0.717, 1.165) is 23.3 Å². The maximum absolute atomic E-state index is 12.2. The van der Waals surface area contributed by atoms with E-state index in [1.165, 1.54) is 7.05 Å². The summed E-state index contributed by atoms with van der Waals surface area (Å²) in [6.07, 6.45) is 0. The van der Waals surface area contributed by atoms with E-state index in [-0.39, 0.29) is 11.4 Å². The molecular formula is C18H22N4O5. The quantitative estimate of drug-likeness (QED) is 0.535. The number of H-pyrrole nitrogens is 1. The molecule has 1 aromatic heterocycles. The lowest BCUT2D eigenvalue weighted by Gasteiger charge is -2.20. The predicted molar refractivity (Wildman–Crippen MR) is 101 cm³/mol. The van der Waals surface area contributed by atoms with E-state index in [1.807, 2.05) is 18.8 Å². The van der Waals surface area contributed by atoms with Crippen molar-refractivity contribution in [2.45, 2.75) is 13.8 Å². The minimum Gasteiger partial charge on any atom is -0.454 e. The number of ketones is 1. The predicted octanol–water partition coefficient (Wildman–Crippen LogP) is 0.542. The molecule has 2 aromatic rings. The molecule has 0 aliphatic rings. The molecule has 0 radical (unpaired) electrons. The Labute approximate surface area is 155 Å². The molecule has 0 aliphatic carbocycles.